The maximum absolute atomic E-state index is 15.3. The van der Waals surface area contributed by atoms with Gasteiger partial charge in [0.2, 0.25) is 11.8 Å². The number of halogens is 3. The number of aromatic hydroxyl groups is 1. The largest absolute Gasteiger partial charge is 0.503 e. The molecule has 3 fully saturated rings. The molecule has 1 saturated carbocycles. The van der Waals surface area contributed by atoms with Crippen molar-refractivity contribution in [1.82, 2.24) is 9.91 Å². The number of likely N-dealkylation sites (tertiary alicyclic amines) is 1. The number of thiophene rings is 1. The Morgan fingerprint density at radius 1 is 1.02 bits per heavy atom. The summed E-state index contributed by atoms with van der Waals surface area (Å²) in [7, 11) is 1.42. The molecular weight excluding hydrogens is 761 g/mol. The van der Waals surface area contributed by atoms with E-state index in [9.17, 15) is 23.9 Å². The van der Waals surface area contributed by atoms with Gasteiger partial charge in [-0.25, -0.2) is 4.39 Å². The number of phenolic OH excluding ortho intramolecular Hbond substituents is 1. The van der Waals surface area contributed by atoms with Crippen molar-refractivity contribution in [2.45, 2.75) is 30.7 Å². The van der Waals surface area contributed by atoms with Gasteiger partial charge < -0.3 is 9.84 Å². The van der Waals surface area contributed by atoms with Gasteiger partial charge in [0.15, 0.2) is 11.5 Å². The minimum Gasteiger partial charge on any atom is -0.503 e. The Morgan fingerprint density at radius 3 is 2.45 bits per heavy atom. The summed E-state index contributed by atoms with van der Waals surface area (Å²) in [6, 6.07) is 19.2. The SMILES string of the molecule is COc1cc(C2C3=CCC4C(=O)N(Cc5cccs5)C(=O)C4C3CC3C(=O)N(Nc4ccc(F)cc4)C(=O)C32c2ccc(Cl)cc2)cc(Br)c1O. The van der Waals surface area contributed by atoms with E-state index in [1.54, 1.807) is 36.4 Å². The smallest absolute Gasteiger partial charge is 0.260 e. The van der Waals surface area contributed by atoms with Gasteiger partial charge in [0.1, 0.15) is 5.82 Å². The molecule has 2 aliphatic heterocycles. The molecular formula is C38H30BrClFN3O6S. The van der Waals surface area contributed by atoms with Crippen molar-refractivity contribution in [1.29, 1.82) is 0 Å². The van der Waals surface area contributed by atoms with Gasteiger partial charge in [-0.3, -0.25) is 29.5 Å². The Labute approximate surface area is 309 Å². The quantitative estimate of drug-likeness (QED) is 0.150. The highest BCUT2D eigenvalue weighted by atomic mass is 79.9. The number of nitrogens with zero attached hydrogens (tertiary/aromatic N) is 2. The highest BCUT2D eigenvalue weighted by Crippen LogP contribution is 2.64. The van der Waals surface area contributed by atoms with E-state index in [0.29, 0.717) is 26.3 Å². The number of carbonyl (C=O) groups is 4. The first-order valence-electron chi connectivity index (χ1n) is 16.3. The zero-order chi connectivity index (χ0) is 35.8. The number of rotatable bonds is 7. The van der Waals surface area contributed by atoms with E-state index in [-0.39, 0.29) is 42.7 Å². The highest BCUT2D eigenvalue weighted by molar-refractivity contribution is 9.10. The number of methoxy groups -OCH3 is 1. The summed E-state index contributed by atoms with van der Waals surface area (Å²) in [5.74, 6) is -5.87. The number of hydrogen-bond donors (Lipinski definition) is 2. The van der Waals surface area contributed by atoms with Crippen LogP contribution in [0.5, 0.6) is 11.5 Å². The molecule has 51 heavy (non-hydrogen) atoms. The Kier molecular flexibility index (Phi) is 8.31. The average Bonchev–Trinajstić information content (AvgIpc) is 3.79. The van der Waals surface area contributed by atoms with Crippen molar-refractivity contribution in [2.75, 3.05) is 12.5 Å². The number of benzene rings is 3. The van der Waals surface area contributed by atoms with Crippen LogP contribution in [0.2, 0.25) is 5.02 Å². The number of carbonyl (C=O) groups excluding carboxylic acids is 4. The summed E-state index contributed by atoms with van der Waals surface area (Å²) in [6.45, 7) is 0.168. The molecule has 8 rings (SSSR count). The van der Waals surface area contributed by atoms with E-state index in [4.69, 9.17) is 16.3 Å². The number of hydrogen-bond acceptors (Lipinski definition) is 8. The molecule has 2 saturated heterocycles. The first kappa shape index (κ1) is 33.6. The van der Waals surface area contributed by atoms with E-state index in [2.05, 4.69) is 21.4 Å². The second-order valence-electron chi connectivity index (χ2n) is 13.3. The lowest BCUT2D eigenvalue weighted by Gasteiger charge is -2.50. The van der Waals surface area contributed by atoms with Gasteiger partial charge in [-0.15, -0.1) is 11.3 Å². The van der Waals surface area contributed by atoms with Gasteiger partial charge in [0.25, 0.3) is 11.8 Å². The van der Waals surface area contributed by atoms with Crippen LogP contribution in [0.4, 0.5) is 10.1 Å². The minimum atomic E-state index is -1.56. The van der Waals surface area contributed by atoms with Gasteiger partial charge in [0, 0.05) is 15.8 Å². The van der Waals surface area contributed by atoms with Crippen molar-refractivity contribution in [3.8, 4) is 11.5 Å². The summed E-state index contributed by atoms with van der Waals surface area (Å²) in [5, 5.41) is 14.2. The van der Waals surface area contributed by atoms with Crippen LogP contribution in [0.15, 0.2) is 94.3 Å². The first-order valence-corrected chi connectivity index (χ1v) is 18.4. The summed E-state index contributed by atoms with van der Waals surface area (Å²) < 4.78 is 19.7. The maximum Gasteiger partial charge on any atom is 0.260 e. The van der Waals surface area contributed by atoms with Gasteiger partial charge in [-0.1, -0.05) is 41.4 Å². The summed E-state index contributed by atoms with van der Waals surface area (Å²) in [4.78, 5) is 60.4. The second-order valence-corrected chi connectivity index (χ2v) is 15.6. The van der Waals surface area contributed by atoms with Crippen molar-refractivity contribution in [3.63, 3.8) is 0 Å². The highest BCUT2D eigenvalue weighted by Gasteiger charge is 2.70. The number of imide groups is 2. The van der Waals surface area contributed by atoms with Gasteiger partial charge >= 0.3 is 0 Å². The van der Waals surface area contributed by atoms with Crippen LogP contribution >= 0.6 is 38.9 Å². The van der Waals surface area contributed by atoms with Crippen LogP contribution in [0.3, 0.4) is 0 Å². The van der Waals surface area contributed by atoms with Crippen LogP contribution < -0.4 is 10.2 Å². The fourth-order valence-corrected chi connectivity index (χ4v) is 10.0. The summed E-state index contributed by atoms with van der Waals surface area (Å²) in [5.41, 5.74) is 3.55. The number of amides is 4. The van der Waals surface area contributed by atoms with Gasteiger partial charge in [-0.05, 0) is 106 Å². The van der Waals surface area contributed by atoms with Crippen LogP contribution in [0, 0.1) is 29.5 Å². The molecule has 1 aromatic heterocycles. The molecule has 4 aromatic rings. The van der Waals surface area contributed by atoms with Crippen LogP contribution in [-0.4, -0.2) is 45.8 Å². The number of hydrazine groups is 1. The minimum absolute atomic E-state index is 0.112. The zero-order valence-electron chi connectivity index (χ0n) is 27.0. The molecule has 3 heterocycles. The maximum atomic E-state index is 15.3. The topological polar surface area (TPSA) is 116 Å². The fourth-order valence-electron chi connectivity index (χ4n) is 8.73. The second kappa shape index (κ2) is 12.6. The third-order valence-corrected chi connectivity index (χ3v) is 12.6. The van der Waals surface area contributed by atoms with E-state index in [0.717, 1.165) is 15.5 Å². The van der Waals surface area contributed by atoms with Crippen molar-refractivity contribution < 1.29 is 33.4 Å². The number of ether oxygens (including phenoxy) is 1. The Hall–Kier alpha value is -4.52. The van der Waals surface area contributed by atoms with Crippen molar-refractivity contribution in [3.05, 3.63) is 121 Å². The van der Waals surface area contributed by atoms with Crippen LogP contribution in [0.25, 0.3) is 0 Å². The van der Waals surface area contributed by atoms with E-state index in [1.165, 1.54) is 47.6 Å². The van der Waals surface area contributed by atoms with E-state index in [1.807, 2.05) is 23.6 Å². The number of anilines is 1. The third kappa shape index (κ3) is 5.13. The first-order chi connectivity index (χ1) is 24.5. The van der Waals surface area contributed by atoms with Gasteiger partial charge in [0.05, 0.1) is 47.0 Å². The predicted octanol–water partition coefficient (Wildman–Crippen LogP) is 7.20. The lowest BCUT2D eigenvalue weighted by Crippen LogP contribution is -2.53. The zero-order valence-corrected chi connectivity index (χ0v) is 30.2. The molecule has 0 radical (unpaired) electrons. The number of fused-ring (bicyclic) bond motifs is 4. The Balaban J connectivity index is 1.33. The lowest BCUT2D eigenvalue weighted by molar-refractivity contribution is -0.141. The average molecular weight is 791 g/mol. The molecule has 6 atom stereocenters. The molecule has 2 N–H and O–H groups in total. The molecule has 6 unspecified atom stereocenters. The predicted molar refractivity (Wildman–Crippen MR) is 191 cm³/mol. The molecule has 4 amide bonds. The number of allylic oxidation sites excluding steroid dienone is 2. The molecule has 260 valence electrons. The van der Waals surface area contributed by atoms with Crippen molar-refractivity contribution in [2.24, 2.45) is 23.7 Å². The lowest BCUT2D eigenvalue weighted by atomic mass is 9.49. The summed E-state index contributed by atoms with van der Waals surface area (Å²) >= 11 is 11.3. The Bertz CT molecular complexity index is 2130. The van der Waals surface area contributed by atoms with Crippen LogP contribution in [0.1, 0.15) is 34.8 Å². The summed E-state index contributed by atoms with van der Waals surface area (Å²) in [6.07, 6.45) is 2.35. The Morgan fingerprint density at radius 2 is 1.76 bits per heavy atom. The fraction of sp³-hybridized carbons (Fsp3) is 0.263. The van der Waals surface area contributed by atoms with E-state index >= 15 is 4.79 Å². The molecule has 0 bridgehead atoms. The third-order valence-electron chi connectivity index (χ3n) is 10.8. The van der Waals surface area contributed by atoms with Gasteiger partial charge in [-0.2, -0.15) is 5.01 Å². The standard InChI is InChI=1S/C38H30BrClFN3O6S/c1-50-30-16-19(15-29(39)33(30)45)32-25-12-13-26-31(36(48)43(34(26)46)18-24-3-2-14-51-24)27(25)17-28-35(47)44(42-23-10-8-22(41)9-11-23)37(49)38(28,32)20-4-6-21(40)7-5-20/h2-12,14-16,26-28,31-32,42,45H,13,17-18H2,1H3. The monoisotopic (exact) mass is 789 g/mol. The van der Waals surface area contributed by atoms with E-state index < -0.39 is 52.6 Å². The molecule has 2 aliphatic carbocycles. The normalized spacial score (nSPS) is 26.9. The molecule has 4 aliphatic rings. The molecule has 9 nitrogen and oxygen atoms in total. The molecule has 0 spiro atoms. The number of phenols is 1. The van der Waals surface area contributed by atoms with Crippen molar-refractivity contribution >= 4 is 68.2 Å². The number of nitrogens with one attached hydrogen (secondary N) is 1. The molecule has 3 aromatic carbocycles. The van der Waals surface area contributed by atoms with Crippen LogP contribution in [-0.2, 0) is 31.1 Å². The molecule has 13 heteroatoms.